The fourth-order valence-corrected chi connectivity index (χ4v) is 3.53. The Morgan fingerprint density at radius 2 is 1.88 bits per heavy atom. The Labute approximate surface area is 159 Å². The largest absolute Gasteiger partial charge is 0.353 e. The van der Waals surface area contributed by atoms with Gasteiger partial charge >= 0.3 is 0 Å². The van der Waals surface area contributed by atoms with Crippen molar-refractivity contribution < 1.29 is 4.79 Å². The first kappa shape index (κ1) is 18.6. The number of rotatable bonds is 4. The fourth-order valence-electron chi connectivity index (χ4n) is 3.16. The van der Waals surface area contributed by atoms with Crippen molar-refractivity contribution >= 4 is 29.0 Å². The van der Waals surface area contributed by atoms with E-state index < -0.39 is 0 Å². The molecule has 0 unspecified atom stereocenters. The van der Waals surface area contributed by atoms with Crippen LogP contribution < -0.4 is 10.2 Å². The van der Waals surface area contributed by atoms with E-state index in [1.165, 1.54) is 0 Å². The quantitative estimate of drug-likeness (QED) is 0.892. The normalized spacial score (nSPS) is 15.2. The number of benzene rings is 1. The summed E-state index contributed by atoms with van der Waals surface area (Å²) in [5, 5.41) is 11.7. The van der Waals surface area contributed by atoms with E-state index in [1.54, 1.807) is 6.07 Å². The maximum Gasteiger partial charge on any atom is 0.276 e. The molecule has 0 spiro atoms. The third-order valence-electron chi connectivity index (χ3n) is 4.70. The van der Waals surface area contributed by atoms with Crippen molar-refractivity contribution in [2.24, 2.45) is 0 Å². The van der Waals surface area contributed by atoms with Crippen molar-refractivity contribution in [1.82, 2.24) is 15.1 Å². The third-order valence-corrected chi connectivity index (χ3v) is 4.99. The van der Waals surface area contributed by atoms with Gasteiger partial charge in [0.2, 0.25) is 0 Å². The van der Waals surface area contributed by atoms with Crippen molar-refractivity contribution in [3.63, 3.8) is 0 Å². The molecule has 1 aliphatic heterocycles. The van der Waals surface area contributed by atoms with Crippen LogP contribution in [-0.2, 0) is 0 Å². The van der Waals surface area contributed by atoms with Gasteiger partial charge in [-0.1, -0.05) is 24.6 Å². The molecular formula is C19H24ClN5O. The van der Waals surface area contributed by atoms with Crippen molar-refractivity contribution in [2.45, 2.75) is 20.8 Å². The van der Waals surface area contributed by atoms with E-state index in [1.807, 2.05) is 32.0 Å². The average Bonchev–Trinajstić information content (AvgIpc) is 2.64. The Morgan fingerprint density at radius 3 is 2.46 bits per heavy atom. The van der Waals surface area contributed by atoms with Crippen molar-refractivity contribution in [2.75, 3.05) is 42.9 Å². The molecule has 0 atom stereocenters. The number of nitrogens with one attached hydrogen (secondary N) is 1. The van der Waals surface area contributed by atoms with Crippen LogP contribution in [0.15, 0.2) is 24.3 Å². The van der Waals surface area contributed by atoms with Crippen molar-refractivity contribution in [1.29, 1.82) is 0 Å². The monoisotopic (exact) mass is 373 g/mol. The number of aryl methyl sites for hydroxylation is 2. The highest BCUT2D eigenvalue weighted by molar-refractivity contribution is 6.34. The van der Waals surface area contributed by atoms with E-state index in [2.05, 4.69) is 32.2 Å². The molecular weight excluding hydrogens is 350 g/mol. The van der Waals surface area contributed by atoms with Gasteiger partial charge < -0.3 is 15.1 Å². The third kappa shape index (κ3) is 4.14. The molecule has 2 heterocycles. The number of likely N-dealkylation sites (N-methyl/N-ethyl adjacent to an activating group) is 1. The summed E-state index contributed by atoms with van der Waals surface area (Å²) in [6.07, 6.45) is 0. The molecule has 0 bridgehead atoms. The highest BCUT2D eigenvalue weighted by Crippen LogP contribution is 2.27. The molecule has 0 aliphatic carbocycles. The lowest BCUT2D eigenvalue weighted by Gasteiger charge is -2.34. The van der Waals surface area contributed by atoms with Crippen LogP contribution in [0.5, 0.6) is 0 Å². The molecule has 0 radical (unpaired) electrons. The summed E-state index contributed by atoms with van der Waals surface area (Å²) in [6, 6.07) is 7.37. The topological polar surface area (TPSA) is 61.4 Å². The van der Waals surface area contributed by atoms with Gasteiger partial charge in [0.1, 0.15) is 0 Å². The summed E-state index contributed by atoms with van der Waals surface area (Å²) in [6.45, 7) is 11.0. The van der Waals surface area contributed by atoms with Crippen LogP contribution in [0.25, 0.3) is 0 Å². The average molecular weight is 374 g/mol. The maximum atomic E-state index is 12.5. The Kier molecular flexibility index (Phi) is 5.74. The molecule has 26 heavy (non-hydrogen) atoms. The fraction of sp³-hybridized carbons (Fsp3) is 0.421. The minimum absolute atomic E-state index is 0.275. The molecule has 1 saturated heterocycles. The molecule has 1 aromatic carbocycles. The van der Waals surface area contributed by atoms with Crippen LogP contribution in [0.3, 0.4) is 0 Å². The van der Waals surface area contributed by atoms with Gasteiger partial charge in [-0.15, -0.1) is 10.2 Å². The van der Waals surface area contributed by atoms with Crippen LogP contribution in [0.4, 0.5) is 11.5 Å². The number of nitrogens with zero attached hydrogens (tertiary/aromatic N) is 4. The van der Waals surface area contributed by atoms with Gasteiger partial charge in [-0.3, -0.25) is 4.79 Å². The van der Waals surface area contributed by atoms with E-state index in [0.29, 0.717) is 10.7 Å². The zero-order valence-electron chi connectivity index (χ0n) is 15.4. The number of aromatic nitrogens is 2. The van der Waals surface area contributed by atoms with Gasteiger partial charge in [-0.25, -0.2) is 0 Å². The van der Waals surface area contributed by atoms with Gasteiger partial charge in [0.05, 0.1) is 10.7 Å². The number of carbonyl (C=O) groups excluding carboxylic acids is 1. The number of hydrogen-bond acceptors (Lipinski definition) is 5. The number of carbonyl (C=O) groups is 1. The zero-order valence-corrected chi connectivity index (χ0v) is 16.2. The lowest BCUT2D eigenvalue weighted by atomic mass is 10.1. The predicted molar refractivity (Wildman–Crippen MR) is 105 cm³/mol. The first-order valence-electron chi connectivity index (χ1n) is 8.87. The van der Waals surface area contributed by atoms with E-state index in [0.717, 1.165) is 49.7 Å². The van der Waals surface area contributed by atoms with Crippen molar-refractivity contribution in [3.8, 4) is 0 Å². The van der Waals surface area contributed by atoms with Gasteiger partial charge in [0.25, 0.3) is 5.91 Å². The number of piperazine rings is 1. The minimum Gasteiger partial charge on any atom is -0.353 e. The van der Waals surface area contributed by atoms with Gasteiger partial charge in [0, 0.05) is 26.2 Å². The first-order chi connectivity index (χ1) is 12.5. The first-order valence-corrected chi connectivity index (χ1v) is 9.25. The SMILES string of the molecule is CCN1CCN(c2ccc(C(=O)Nc3c(C)cc(C)cc3Cl)nn2)CC1. The molecule has 1 aromatic heterocycles. The maximum absolute atomic E-state index is 12.5. The summed E-state index contributed by atoms with van der Waals surface area (Å²) >= 11 is 6.26. The lowest BCUT2D eigenvalue weighted by molar-refractivity contribution is 0.102. The molecule has 1 amide bonds. The Balaban J connectivity index is 1.68. The highest BCUT2D eigenvalue weighted by atomic mass is 35.5. The van der Waals surface area contributed by atoms with Gasteiger partial charge in [0.15, 0.2) is 11.5 Å². The number of amides is 1. The zero-order chi connectivity index (χ0) is 18.7. The molecule has 6 nitrogen and oxygen atoms in total. The second-order valence-electron chi connectivity index (χ2n) is 6.59. The molecule has 138 valence electrons. The number of hydrogen-bond donors (Lipinski definition) is 1. The van der Waals surface area contributed by atoms with Crippen LogP contribution >= 0.6 is 11.6 Å². The Hall–Kier alpha value is -2.18. The Morgan fingerprint density at radius 1 is 1.15 bits per heavy atom. The van der Waals surface area contributed by atoms with Crippen LogP contribution in [0.1, 0.15) is 28.5 Å². The van der Waals surface area contributed by atoms with Crippen LogP contribution in [0.2, 0.25) is 5.02 Å². The summed E-state index contributed by atoms with van der Waals surface area (Å²) in [4.78, 5) is 17.1. The molecule has 1 fully saturated rings. The van der Waals surface area contributed by atoms with Gasteiger partial charge in [-0.05, 0) is 49.7 Å². The van der Waals surface area contributed by atoms with Crippen LogP contribution in [-0.4, -0.2) is 53.7 Å². The summed E-state index contributed by atoms with van der Waals surface area (Å²) in [5.41, 5.74) is 2.86. The van der Waals surface area contributed by atoms with E-state index in [-0.39, 0.29) is 11.6 Å². The smallest absolute Gasteiger partial charge is 0.276 e. The molecule has 1 aliphatic rings. The molecule has 1 N–H and O–H groups in total. The van der Waals surface area contributed by atoms with E-state index >= 15 is 0 Å². The summed E-state index contributed by atoms with van der Waals surface area (Å²) in [7, 11) is 0. The lowest BCUT2D eigenvalue weighted by Crippen LogP contribution is -2.46. The second-order valence-corrected chi connectivity index (χ2v) is 7.00. The standard InChI is InChI=1S/C19H24ClN5O/c1-4-24-7-9-25(10-8-24)17-6-5-16(22-23-17)19(26)21-18-14(3)11-13(2)12-15(18)20/h5-6,11-12H,4,7-10H2,1-3H3,(H,21,26). The van der Waals surface area contributed by atoms with Gasteiger partial charge in [-0.2, -0.15) is 0 Å². The van der Waals surface area contributed by atoms with Crippen molar-refractivity contribution in [3.05, 3.63) is 46.1 Å². The summed E-state index contributed by atoms with van der Waals surface area (Å²) in [5.74, 6) is 0.496. The van der Waals surface area contributed by atoms with E-state index in [4.69, 9.17) is 11.6 Å². The van der Waals surface area contributed by atoms with E-state index in [9.17, 15) is 4.79 Å². The molecule has 2 aromatic rings. The minimum atomic E-state index is -0.311. The predicted octanol–water partition coefficient (Wildman–Crippen LogP) is 3.14. The second kappa shape index (κ2) is 8.01. The summed E-state index contributed by atoms with van der Waals surface area (Å²) < 4.78 is 0. The molecule has 3 rings (SSSR count). The highest BCUT2D eigenvalue weighted by Gasteiger charge is 2.18. The number of anilines is 2. The van der Waals surface area contributed by atoms with Crippen LogP contribution in [0, 0.1) is 13.8 Å². The molecule has 7 heteroatoms. The Bertz CT molecular complexity index is 762. The number of halogens is 1. The molecule has 0 saturated carbocycles.